The molecule has 7 heteroatoms. The highest BCUT2D eigenvalue weighted by atomic mass is 32.2. The minimum Gasteiger partial charge on any atom is -0.463 e. The maximum Gasteiger partial charge on any atom is 0.237 e. The molecule has 1 amide bonds. The summed E-state index contributed by atoms with van der Waals surface area (Å²) in [5.41, 5.74) is 6.87. The predicted molar refractivity (Wildman–Crippen MR) is 117 cm³/mol. The van der Waals surface area contributed by atoms with Gasteiger partial charge in [0.1, 0.15) is 10.9 Å². The summed E-state index contributed by atoms with van der Waals surface area (Å²) < 4.78 is 7.56. The van der Waals surface area contributed by atoms with Crippen molar-refractivity contribution in [3.8, 4) is 0 Å². The number of hydrogen-bond acceptors (Lipinski definition) is 5. The number of carbonyl (C=O) groups is 1. The van der Waals surface area contributed by atoms with Crippen molar-refractivity contribution < 1.29 is 9.21 Å². The number of benzene rings is 1. The number of hydrogen-bond donors (Lipinski definition) is 1. The van der Waals surface area contributed by atoms with Gasteiger partial charge in [0, 0.05) is 17.8 Å². The van der Waals surface area contributed by atoms with E-state index in [9.17, 15) is 4.79 Å². The zero-order chi connectivity index (χ0) is 20.7. The van der Waals surface area contributed by atoms with Gasteiger partial charge in [0.2, 0.25) is 5.91 Å². The van der Waals surface area contributed by atoms with Crippen LogP contribution in [0.2, 0.25) is 0 Å². The Morgan fingerprint density at radius 1 is 1.14 bits per heavy atom. The maximum atomic E-state index is 13.1. The van der Waals surface area contributed by atoms with Crippen LogP contribution in [-0.2, 0) is 4.79 Å². The molecule has 1 N–H and O–H groups in total. The first-order valence-electron chi connectivity index (χ1n) is 9.66. The van der Waals surface area contributed by atoms with Crippen LogP contribution in [0.4, 0.5) is 5.69 Å². The molecule has 1 aromatic carbocycles. The Balaban J connectivity index is 1.64. The third-order valence-electron chi connectivity index (χ3n) is 5.09. The van der Waals surface area contributed by atoms with Gasteiger partial charge in [0.05, 0.1) is 22.5 Å². The van der Waals surface area contributed by atoms with E-state index in [1.54, 1.807) is 6.26 Å². The molecule has 0 radical (unpaired) electrons. The highest BCUT2D eigenvalue weighted by Gasteiger charge is 2.23. The first-order valence-corrected chi connectivity index (χ1v) is 10.5. The lowest BCUT2D eigenvalue weighted by atomic mass is 10.0. The summed E-state index contributed by atoms with van der Waals surface area (Å²) in [5.74, 6) is 0.757. The minimum absolute atomic E-state index is 0.0247. The van der Waals surface area contributed by atoms with Crippen LogP contribution in [0.5, 0.6) is 0 Å². The molecule has 0 bridgehead atoms. The molecular formula is C22H24N4O2S. The van der Waals surface area contributed by atoms with E-state index in [1.807, 2.05) is 44.2 Å². The Morgan fingerprint density at radius 3 is 2.55 bits per heavy atom. The molecule has 3 heterocycles. The molecule has 4 rings (SSSR count). The molecule has 0 spiro atoms. The smallest absolute Gasteiger partial charge is 0.237 e. The largest absolute Gasteiger partial charge is 0.463 e. The Bertz CT molecular complexity index is 1200. The minimum atomic E-state index is -0.280. The van der Waals surface area contributed by atoms with Gasteiger partial charge in [-0.1, -0.05) is 36.4 Å². The molecule has 4 aromatic rings. The van der Waals surface area contributed by atoms with Gasteiger partial charge in [0.15, 0.2) is 5.58 Å². The van der Waals surface area contributed by atoms with Gasteiger partial charge in [0.25, 0.3) is 0 Å². The lowest BCUT2D eigenvalue weighted by molar-refractivity contribution is -0.115. The van der Waals surface area contributed by atoms with E-state index in [1.165, 1.54) is 17.3 Å². The second-order valence-electron chi connectivity index (χ2n) is 7.37. The average Bonchev–Trinajstić information content (AvgIpc) is 3.25. The van der Waals surface area contributed by atoms with Crippen molar-refractivity contribution in [2.75, 3.05) is 5.32 Å². The SMILES string of the molecule is CC[C@@H](Sc1nnc(C)n2c1cc1occc12)C(=O)Nc1c(C)cc(C)cc1C. The monoisotopic (exact) mass is 408 g/mol. The number of nitrogens with zero attached hydrogens (tertiary/aromatic N) is 3. The number of fused-ring (bicyclic) bond motifs is 3. The molecule has 1 atom stereocenters. The van der Waals surface area contributed by atoms with Gasteiger partial charge < -0.3 is 9.73 Å². The first-order chi connectivity index (χ1) is 13.9. The van der Waals surface area contributed by atoms with Gasteiger partial charge >= 0.3 is 0 Å². The van der Waals surface area contributed by atoms with Crippen molar-refractivity contribution in [2.45, 2.75) is 51.3 Å². The molecule has 3 aromatic heterocycles. The Morgan fingerprint density at radius 2 is 1.86 bits per heavy atom. The summed E-state index contributed by atoms with van der Waals surface area (Å²) in [6.45, 7) is 10.0. The van der Waals surface area contributed by atoms with Gasteiger partial charge in [-0.3, -0.25) is 9.20 Å². The van der Waals surface area contributed by atoms with Crippen molar-refractivity contribution in [1.29, 1.82) is 0 Å². The zero-order valence-electron chi connectivity index (χ0n) is 17.2. The van der Waals surface area contributed by atoms with Crippen molar-refractivity contribution in [1.82, 2.24) is 14.6 Å². The van der Waals surface area contributed by atoms with Crippen LogP contribution in [0.3, 0.4) is 0 Å². The highest BCUT2D eigenvalue weighted by Crippen LogP contribution is 2.32. The molecule has 150 valence electrons. The van der Waals surface area contributed by atoms with Crippen LogP contribution in [-0.4, -0.2) is 25.8 Å². The van der Waals surface area contributed by atoms with E-state index >= 15 is 0 Å². The summed E-state index contributed by atoms with van der Waals surface area (Å²) in [5, 5.41) is 12.2. The normalized spacial score (nSPS) is 12.6. The maximum absolute atomic E-state index is 13.1. The number of amides is 1. The van der Waals surface area contributed by atoms with Crippen molar-refractivity contribution >= 4 is 40.0 Å². The summed E-state index contributed by atoms with van der Waals surface area (Å²) in [6, 6.07) is 8.04. The van der Waals surface area contributed by atoms with Gasteiger partial charge in [-0.2, -0.15) is 0 Å². The van der Waals surface area contributed by atoms with Crippen molar-refractivity contribution in [3.05, 3.63) is 53.0 Å². The molecule has 0 fully saturated rings. The third kappa shape index (κ3) is 3.51. The fraction of sp³-hybridized carbons (Fsp3) is 0.318. The second-order valence-corrected chi connectivity index (χ2v) is 8.56. The van der Waals surface area contributed by atoms with Crippen LogP contribution in [0, 0.1) is 27.7 Å². The number of carbonyl (C=O) groups excluding carboxylic acids is 1. The molecule has 0 aliphatic carbocycles. The number of anilines is 1. The van der Waals surface area contributed by atoms with E-state index in [0.717, 1.165) is 44.3 Å². The van der Waals surface area contributed by atoms with Gasteiger partial charge in [-0.15, -0.1) is 10.2 Å². The summed E-state index contributed by atoms with van der Waals surface area (Å²) in [6.07, 6.45) is 2.34. The van der Waals surface area contributed by atoms with Crippen LogP contribution < -0.4 is 5.32 Å². The number of thioether (sulfide) groups is 1. The molecular weight excluding hydrogens is 384 g/mol. The third-order valence-corrected chi connectivity index (χ3v) is 6.44. The van der Waals surface area contributed by atoms with Crippen molar-refractivity contribution in [2.24, 2.45) is 0 Å². The number of rotatable bonds is 5. The van der Waals surface area contributed by atoms with E-state index in [0.29, 0.717) is 6.42 Å². The zero-order valence-corrected chi connectivity index (χ0v) is 18.1. The van der Waals surface area contributed by atoms with E-state index in [-0.39, 0.29) is 11.2 Å². The molecule has 29 heavy (non-hydrogen) atoms. The standard InChI is InChI=1S/C22H24N4O2S/c1-6-19(21(27)23-20-13(3)9-12(2)10-14(20)4)29-22-17-11-18-16(7-8-28-18)26(17)15(5)24-25-22/h7-11,19H,6H2,1-5H3,(H,23,27)/t19-/m1/s1. The lowest BCUT2D eigenvalue weighted by Gasteiger charge is -2.18. The number of furan rings is 1. The second kappa shape index (κ2) is 7.55. The molecule has 6 nitrogen and oxygen atoms in total. The topological polar surface area (TPSA) is 72.4 Å². The number of aromatic nitrogens is 3. The van der Waals surface area contributed by atoms with Gasteiger partial charge in [-0.05, 0) is 45.2 Å². The van der Waals surface area contributed by atoms with E-state index in [2.05, 4.69) is 34.6 Å². The molecule has 0 aliphatic heterocycles. The average molecular weight is 409 g/mol. The quantitative estimate of drug-likeness (QED) is 0.459. The summed E-state index contributed by atoms with van der Waals surface area (Å²) >= 11 is 1.44. The Hall–Kier alpha value is -2.80. The van der Waals surface area contributed by atoms with Crippen LogP contribution in [0.15, 0.2) is 40.0 Å². The fourth-order valence-corrected chi connectivity index (χ4v) is 4.73. The van der Waals surface area contributed by atoms with Crippen LogP contribution in [0.1, 0.15) is 35.9 Å². The summed E-state index contributed by atoms with van der Waals surface area (Å²) in [7, 11) is 0. The number of aryl methyl sites for hydroxylation is 4. The lowest BCUT2D eigenvalue weighted by Crippen LogP contribution is -2.25. The Labute approximate surface area is 173 Å². The highest BCUT2D eigenvalue weighted by molar-refractivity contribution is 8.00. The van der Waals surface area contributed by atoms with Gasteiger partial charge in [-0.25, -0.2) is 0 Å². The number of nitrogens with one attached hydrogen (secondary N) is 1. The first kappa shape index (κ1) is 19.5. The van der Waals surface area contributed by atoms with Crippen LogP contribution >= 0.6 is 11.8 Å². The summed E-state index contributed by atoms with van der Waals surface area (Å²) in [4.78, 5) is 13.1. The molecule has 0 saturated carbocycles. The molecule has 0 unspecified atom stereocenters. The van der Waals surface area contributed by atoms with Crippen LogP contribution in [0.25, 0.3) is 16.6 Å². The fourth-order valence-electron chi connectivity index (χ4n) is 3.77. The predicted octanol–water partition coefficient (Wildman–Crippen LogP) is 5.22. The van der Waals surface area contributed by atoms with E-state index < -0.39 is 0 Å². The molecule has 0 aliphatic rings. The molecule has 0 saturated heterocycles. The van der Waals surface area contributed by atoms with Crippen molar-refractivity contribution in [3.63, 3.8) is 0 Å². The van der Waals surface area contributed by atoms with E-state index in [4.69, 9.17) is 4.42 Å². The Kier molecular flexibility index (Phi) is 5.08.